The standard InChI is InChI=1S/C44H61ClN2O4/c1-10-30(2)26-32-28-41(38(45)27-33(32)29-46(9)23-20-42(48)51-43(4,5)6)50-40-19-18-36-35(15-11-16-37(36)40)34-14-12-17-39(31(34)3)49-25-13-22-47-24-21-44(47,7)8/h11-12,14-17,27-28,30,40H,10,13,18-26,29H2,1-9H3/t30?,40-/m0/s1. The van der Waals surface area contributed by atoms with E-state index in [1.807, 2.05) is 27.8 Å². The van der Waals surface area contributed by atoms with E-state index in [1.165, 1.54) is 51.9 Å². The van der Waals surface area contributed by atoms with Crippen LogP contribution in [0.1, 0.15) is 114 Å². The van der Waals surface area contributed by atoms with Crippen molar-refractivity contribution in [2.24, 2.45) is 5.92 Å². The fourth-order valence-electron chi connectivity index (χ4n) is 7.40. The van der Waals surface area contributed by atoms with Crippen LogP contribution in [-0.2, 0) is 28.9 Å². The van der Waals surface area contributed by atoms with Crippen molar-refractivity contribution in [1.82, 2.24) is 9.80 Å². The van der Waals surface area contributed by atoms with Crippen LogP contribution >= 0.6 is 11.6 Å². The summed E-state index contributed by atoms with van der Waals surface area (Å²) in [4.78, 5) is 17.1. The van der Waals surface area contributed by atoms with E-state index in [0.29, 0.717) is 36.0 Å². The third-order valence-corrected chi connectivity index (χ3v) is 11.1. The third kappa shape index (κ3) is 10.1. The summed E-state index contributed by atoms with van der Waals surface area (Å²) in [5.41, 5.74) is 8.54. The first-order valence-corrected chi connectivity index (χ1v) is 19.5. The number of fused-ring (bicyclic) bond motifs is 1. The smallest absolute Gasteiger partial charge is 0.307 e. The highest BCUT2D eigenvalue weighted by molar-refractivity contribution is 6.32. The predicted octanol–water partition coefficient (Wildman–Crippen LogP) is 10.4. The Bertz CT molecular complexity index is 1660. The van der Waals surface area contributed by atoms with Crippen LogP contribution < -0.4 is 9.47 Å². The van der Waals surface area contributed by atoms with Gasteiger partial charge in [-0.2, -0.15) is 0 Å². The van der Waals surface area contributed by atoms with Gasteiger partial charge in [-0.25, -0.2) is 0 Å². The van der Waals surface area contributed by atoms with Gasteiger partial charge < -0.3 is 19.1 Å². The van der Waals surface area contributed by atoms with Crippen molar-refractivity contribution in [3.05, 3.63) is 81.4 Å². The lowest BCUT2D eigenvalue weighted by molar-refractivity contribution is -0.155. The Morgan fingerprint density at radius 3 is 2.51 bits per heavy atom. The van der Waals surface area contributed by atoms with Crippen LogP contribution in [-0.4, -0.2) is 60.2 Å². The molecule has 1 aliphatic heterocycles. The maximum atomic E-state index is 12.4. The second-order valence-corrected chi connectivity index (χ2v) is 16.9. The Hall–Kier alpha value is -3.06. The molecule has 7 heteroatoms. The van der Waals surface area contributed by atoms with Crippen LogP contribution in [0.2, 0.25) is 5.02 Å². The third-order valence-electron chi connectivity index (χ3n) is 10.8. The molecule has 1 aliphatic carbocycles. The number of nitrogens with zero attached hydrogens (tertiary/aromatic N) is 2. The first kappa shape index (κ1) is 39.2. The SMILES string of the molecule is CCC(C)Cc1cc(O[C@H]2CCc3c(-c4cccc(OCCCN5CCC5(C)C)c4C)cccc32)c(Cl)cc1CN(C)CCC(=O)OC(C)(C)C. The molecule has 5 rings (SSSR count). The molecule has 1 unspecified atom stereocenters. The van der Waals surface area contributed by atoms with Crippen molar-refractivity contribution in [2.75, 3.05) is 33.3 Å². The molecule has 1 heterocycles. The molecular formula is C44H61ClN2O4. The van der Waals surface area contributed by atoms with Gasteiger partial charge in [-0.3, -0.25) is 9.69 Å². The molecule has 0 spiro atoms. The highest BCUT2D eigenvalue weighted by atomic mass is 35.5. The molecule has 0 saturated carbocycles. The Balaban J connectivity index is 1.29. The Kier molecular flexibility index (Phi) is 12.8. The highest BCUT2D eigenvalue weighted by Gasteiger charge is 2.35. The molecule has 6 nitrogen and oxygen atoms in total. The van der Waals surface area contributed by atoms with Gasteiger partial charge in [0.15, 0.2) is 0 Å². The van der Waals surface area contributed by atoms with Crippen LogP contribution in [0, 0.1) is 12.8 Å². The van der Waals surface area contributed by atoms with Crippen molar-refractivity contribution in [3.8, 4) is 22.6 Å². The minimum absolute atomic E-state index is 0.0678. The second-order valence-electron chi connectivity index (χ2n) is 16.5. The van der Waals surface area contributed by atoms with Crippen LogP contribution in [0.3, 0.4) is 0 Å². The van der Waals surface area contributed by atoms with E-state index in [-0.39, 0.29) is 12.1 Å². The molecule has 0 radical (unpaired) electrons. The number of ether oxygens (including phenoxy) is 3. The minimum Gasteiger partial charge on any atom is -0.493 e. The van der Waals surface area contributed by atoms with Gasteiger partial charge in [-0.15, -0.1) is 0 Å². The van der Waals surface area contributed by atoms with Gasteiger partial charge in [0.2, 0.25) is 0 Å². The molecule has 3 aromatic carbocycles. The monoisotopic (exact) mass is 716 g/mol. The fraction of sp³-hybridized carbons (Fsp3) is 0.568. The van der Waals surface area contributed by atoms with Gasteiger partial charge in [-0.1, -0.05) is 62.2 Å². The Morgan fingerprint density at radius 1 is 1.08 bits per heavy atom. The lowest BCUT2D eigenvalue weighted by Gasteiger charge is -2.48. The summed E-state index contributed by atoms with van der Waals surface area (Å²) in [6.45, 7) is 21.4. The summed E-state index contributed by atoms with van der Waals surface area (Å²) < 4.78 is 18.7. The first-order valence-electron chi connectivity index (χ1n) is 19.1. The average molecular weight is 717 g/mol. The number of carbonyl (C=O) groups excluding carboxylic acids is 1. The van der Waals surface area contributed by atoms with Gasteiger partial charge in [0.25, 0.3) is 0 Å². The van der Waals surface area contributed by atoms with Crippen molar-refractivity contribution >= 4 is 17.6 Å². The lowest BCUT2D eigenvalue weighted by atomic mass is 9.89. The molecule has 2 atom stereocenters. The largest absolute Gasteiger partial charge is 0.493 e. The number of hydrogen-bond donors (Lipinski definition) is 0. The molecule has 1 fully saturated rings. The quantitative estimate of drug-likeness (QED) is 0.109. The molecule has 0 N–H and O–H groups in total. The number of rotatable bonds is 16. The summed E-state index contributed by atoms with van der Waals surface area (Å²) in [7, 11) is 2.04. The van der Waals surface area contributed by atoms with Crippen LogP contribution in [0.5, 0.6) is 11.5 Å². The molecule has 278 valence electrons. The second kappa shape index (κ2) is 16.7. The number of esters is 1. The molecule has 1 saturated heterocycles. The van der Waals surface area contributed by atoms with Crippen molar-refractivity contribution < 1.29 is 19.0 Å². The summed E-state index contributed by atoms with van der Waals surface area (Å²) in [6.07, 6.45) is 6.47. The van der Waals surface area contributed by atoms with Crippen LogP contribution in [0.15, 0.2) is 48.5 Å². The van der Waals surface area contributed by atoms with E-state index in [0.717, 1.165) is 56.8 Å². The number of benzene rings is 3. The van der Waals surface area contributed by atoms with Crippen molar-refractivity contribution in [1.29, 1.82) is 0 Å². The molecule has 0 bridgehead atoms. The van der Waals surface area contributed by atoms with Crippen LogP contribution in [0.4, 0.5) is 0 Å². The number of hydrogen-bond acceptors (Lipinski definition) is 6. The summed E-state index contributed by atoms with van der Waals surface area (Å²) in [6, 6.07) is 17.3. The topological polar surface area (TPSA) is 51.2 Å². The molecule has 0 amide bonds. The molecule has 0 aromatic heterocycles. The lowest BCUT2D eigenvalue weighted by Crippen LogP contribution is -2.55. The average Bonchev–Trinajstić information content (AvgIpc) is 3.48. The van der Waals surface area contributed by atoms with E-state index in [4.69, 9.17) is 25.8 Å². The Morgan fingerprint density at radius 2 is 1.82 bits per heavy atom. The maximum Gasteiger partial charge on any atom is 0.307 e. The number of carbonyl (C=O) groups is 1. The first-order chi connectivity index (χ1) is 24.1. The van der Waals surface area contributed by atoms with E-state index in [9.17, 15) is 4.79 Å². The van der Waals surface area contributed by atoms with Gasteiger partial charge >= 0.3 is 5.97 Å². The minimum atomic E-state index is -0.478. The van der Waals surface area contributed by atoms with Crippen LogP contribution in [0.25, 0.3) is 11.1 Å². The van der Waals surface area contributed by atoms with Gasteiger partial charge in [0.1, 0.15) is 23.2 Å². The summed E-state index contributed by atoms with van der Waals surface area (Å²) >= 11 is 6.99. The number of halogens is 1. The zero-order valence-electron chi connectivity index (χ0n) is 32.7. The summed E-state index contributed by atoms with van der Waals surface area (Å²) in [5.74, 6) is 2.06. The molecule has 51 heavy (non-hydrogen) atoms. The van der Waals surface area contributed by atoms with Crippen molar-refractivity contribution in [3.63, 3.8) is 0 Å². The maximum absolute atomic E-state index is 12.4. The van der Waals surface area contributed by atoms with E-state index in [1.54, 1.807) is 0 Å². The van der Waals surface area contributed by atoms with Crippen molar-refractivity contribution in [2.45, 2.75) is 124 Å². The van der Waals surface area contributed by atoms with E-state index in [2.05, 4.69) is 92.9 Å². The van der Waals surface area contributed by atoms with Gasteiger partial charge in [0.05, 0.1) is 18.1 Å². The Labute approximate surface area is 312 Å². The van der Waals surface area contributed by atoms with Gasteiger partial charge in [0, 0.05) is 31.7 Å². The normalized spacial score (nSPS) is 17.6. The van der Waals surface area contributed by atoms with E-state index < -0.39 is 5.60 Å². The summed E-state index contributed by atoms with van der Waals surface area (Å²) in [5, 5.41) is 0.626. The van der Waals surface area contributed by atoms with E-state index >= 15 is 0 Å². The predicted molar refractivity (Wildman–Crippen MR) is 210 cm³/mol. The zero-order valence-corrected chi connectivity index (χ0v) is 33.4. The zero-order chi connectivity index (χ0) is 36.9. The molecule has 3 aromatic rings. The highest BCUT2D eigenvalue weighted by Crippen LogP contribution is 2.43. The molecule has 2 aliphatic rings. The molecular weight excluding hydrogens is 656 g/mol. The fourth-order valence-corrected chi connectivity index (χ4v) is 7.64. The van der Waals surface area contributed by atoms with Gasteiger partial charge in [-0.05, 0) is 144 Å². The number of likely N-dealkylation sites (tertiary alicyclic amines) is 1.